The summed E-state index contributed by atoms with van der Waals surface area (Å²) in [6, 6.07) is 11.2. The second kappa shape index (κ2) is 6.95. The Labute approximate surface area is 127 Å². The lowest BCUT2D eigenvalue weighted by atomic mass is 10.2. The Morgan fingerprint density at radius 2 is 2.33 bits per heavy atom. The molecule has 0 saturated heterocycles. The van der Waals surface area contributed by atoms with E-state index in [9.17, 15) is 4.79 Å². The van der Waals surface area contributed by atoms with E-state index in [1.54, 1.807) is 19.1 Å². The number of aryl methyl sites for hydroxylation is 1. The summed E-state index contributed by atoms with van der Waals surface area (Å²) in [4.78, 5) is 12.0. The number of nitrogens with zero attached hydrogens (tertiary/aromatic N) is 2. The average molecular weight is 301 g/mol. The number of hydrogen-bond acceptors (Lipinski definition) is 5. The maximum absolute atomic E-state index is 12.0. The Balaban J connectivity index is 1.87. The highest BCUT2D eigenvalue weighted by atomic mass is 32.2. The average Bonchev–Trinajstić information content (AvgIpc) is 2.90. The van der Waals surface area contributed by atoms with E-state index < -0.39 is 0 Å². The van der Waals surface area contributed by atoms with Gasteiger partial charge in [-0.15, -0.1) is 11.8 Å². The molecular weight excluding hydrogens is 286 g/mol. The van der Waals surface area contributed by atoms with Crippen LogP contribution in [-0.4, -0.2) is 16.3 Å². The van der Waals surface area contributed by atoms with Gasteiger partial charge < -0.3 is 9.84 Å². The fourth-order valence-corrected chi connectivity index (χ4v) is 2.51. The van der Waals surface area contributed by atoms with Gasteiger partial charge in [-0.05, 0) is 31.5 Å². The maximum atomic E-state index is 12.0. The van der Waals surface area contributed by atoms with Crippen molar-refractivity contribution in [2.24, 2.45) is 0 Å². The van der Waals surface area contributed by atoms with E-state index in [0.717, 1.165) is 5.56 Å². The smallest absolute Gasteiger partial charge is 0.238 e. The number of nitrogens with one attached hydrogen (secondary N) is 1. The minimum atomic E-state index is -0.229. The summed E-state index contributed by atoms with van der Waals surface area (Å²) in [5.74, 6) is 1.63. The maximum Gasteiger partial charge on any atom is 0.238 e. The van der Waals surface area contributed by atoms with Crippen LogP contribution in [0, 0.1) is 18.3 Å². The van der Waals surface area contributed by atoms with Gasteiger partial charge in [0.15, 0.2) is 5.82 Å². The third-order valence-corrected chi connectivity index (χ3v) is 4.02. The van der Waals surface area contributed by atoms with Crippen LogP contribution < -0.4 is 5.32 Å². The summed E-state index contributed by atoms with van der Waals surface area (Å²) >= 11 is 1.50. The van der Waals surface area contributed by atoms with Gasteiger partial charge >= 0.3 is 0 Å². The summed E-state index contributed by atoms with van der Waals surface area (Å²) in [5.41, 5.74) is 1.65. The molecule has 0 aliphatic heterocycles. The number of carbonyl (C=O) groups excluding carboxylic acids is 1. The number of rotatable bonds is 5. The summed E-state index contributed by atoms with van der Waals surface area (Å²) < 4.78 is 4.90. The molecular formula is C15H15N3O2S. The van der Waals surface area contributed by atoms with E-state index in [2.05, 4.69) is 16.5 Å². The van der Waals surface area contributed by atoms with Crippen LogP contribution in [0.2, 0.25) is 0 Å². The predicted octanol–water partition coefficient (Wildman–Crippen LogP) is 3.12. The van der Waals surface area contributed by atoms with Crippen LogP contribution in [0.3, 0.4) is 0 Å². The molecule has 0 aliphatic rings. The second-order valence-corrected chi connectivity index (χ2v) is 5.91. The standard InChI is InChI=1S/C15H15N3O2S/c1-10-6-14(18-20-10)17-15(19)11(2)21-9-13-5-3-4-12(7-13)8-16/h3-7,11H,9H2,1-2H3,(H,17,18,19). The Bertz CT molecular complexity index is 676. The number of anilines is 1. The molecule has 0 fully saturated rings. The molecule has 1 N–H and O–H groups in total. The normalized spacial score (nSPS) is 11.7. The molecule has 1 aromatic carbocycles. The Kier molecular flexibility index (Phi) is 5.01. The Morgan fingerprint density at radius 1 is 1.52 bits per heavy atom. The molecule has 1 aromatic heterocycles. The number of benzene rings is 1. The SMILES string of the molecule is Cc1cc(NC(=O)C(C)SCc2cccc(C#N)c2)no1. The van der Waals surface area contributed by atoms with Crippen LogP contribution in [0.1, 0.15) is 23.8 Å². The summed E-state index contributed by atoms with van der Waals surface area (Å²) in [7, 11) is 0. The highest BCUT2D eigenvalue weighted by Crippen LogP contribution is 2.20. The summed E-state index contributed by atoms with van der Waals surface area (Å²) in [6.45, 7) is 3.60. The highest BCUT2D eigenvalue weighted by molar-refractivity contribution is 7.99. The van der Waals surface area contributed by atoms with Gasteiger partial charge in [-0.1, -0.05) is 17.3 Å². The third-order valence-electron chi connectivity index (χ3n) is 2.80. The van der Waals surface area contributed by atoms with E-state index in [4.69, 9.17) is 9.78 Å². The minimum absolute atomic E-state index is 0.121. The van der Waals surface area contributed by atoms with Crippen LogP contribution in [-0.2, 0) is 10.5 Å². The number of amides is 1. The third kappa shape index (κ3) is 4.36. The number of thioether (sulfide) groups is 1. The zero-order valence-corrected chi connectivity index (χ0v) is 12.6. The van der Waals surface area contributed by atoms with Gasteiger partial charge in [-0.2, -0.15) is 5.26 Å². The van der Waals surface area contributed by atoms with Crippen molar-refractivity contribution in [1.29, 1.82) is 5.26 Å². The zero-order chi connectivity index (χ0) is 15.2. The topological polar surface area (TPSA) is 78.9 Å². The van der Waals surface area contributed by atoms with Crippen molar-refractivity contribution in [3.05, 3.63) is 47.2 Å². The number of carbonyl (C=O) groups is 1. The van der Waals surface area contributed by atoms with Crippen LogP contribution in [0.25, 0.3) is 0 Å². The van der Waals surface area contributed by atoms with E-state index >= 15 is 0 Å². The molecule has 2 rings (SSSR count). The monoisotopic (exact) mass is 301 g/mol. The lowest BCUT2D eigenvalue weighted by molar-refractivity contribution is -0.115. The molecule has 6 heteroatoms. The number of aromatic nitrogens is 1. The zero-order valence-electron chi connectivity index (χ0n) is 11.8. The van der Waals surface area contributed by atoms with Gasteiger partial charge in [0.2, 0.25) is 5.91 Å². The molecule has 0 aliphatic carbocycles. The van der Waals surface area contributed by atoms with E-state index in [0.29, 0.717) is 22.9 Å². The first-order valence-electron chi connectivity index (χ1n) is 6.43. The molecule has 0 spiro atoms. The van der Waals surface area contributed by atoms with Crippen LogP contribution in [0.5, 0.6) is 0 Å². The van der Waals surface area contributed by atoms with Gasteiger partial charge in [0.25, 0.3) is 0 Å². The molecule has 1 heterocycles. The largest absolute Gasteiger partial charge is 0.360 e. The van der Waals surface area contributed by atoms with Crippen molar-refractivity contribution in [2.45, 2.75) is 24.9 Å². The van der Waals surface area contributed by atoms with Crippen molar-refractivity contribution in [3.8, 4) is 6.07 Å². The molecule has 0 radical (unpaired) electrons. The van der Waals surface area contributed by atoms with Crippen LogP contribution >= 0.6 is 11.8 Å². The molecule has 108 valence electrons. The molecule has 1 amide bonds. The Morgan fingerprint density at radius 3 is 3.00 bits per heavy atom. The lowest BCUT2D eigenvalue weighted by Crippen LogP contribution is -2.22. The van der Waals surface area contributed by atoms with Gasteiger partial charge in [0, 0.05) is 11.8 Å². The molecule has 0 bridgehead atoms. The van der Waals surface area contributed by atoms with E-state index in [1.165, 1.54) is 11.8 Å². The van der Waals surface area contributed by atoms with E-state index in [-0.39, 0.29) is 11.2 Å². The molecule has 1 atom stereocenters. The highest BCUT2D eigenvalue weighted by Gasteiger charge is 2.15. The molecule has 2 aromatic rings. The lowest BCUT2D eigenvalue weighted by Gasteiger charge is -2.10. The van der Waals surface area contributed by atoms with Gasteiger partial charge in [0.1, 0.15) is 5.76 Å². The quantitative estimate of drug-likeness (QED) is 0.918. The minimum Gasteiger partial charge on any atom is -0.360 e. The first-order valence-corrected chi connectivity index (χ1v) is 7.48. The van der Waals surface area contributed by atoms with Crippen molar-refractivity contribution in [1.82, 2.24) is 5.16 Å². The number of hydrogen-bond donors (Lipinski definition) is 1. The van der Waals surface area contributed by atoms with Crippen LogP contribution in [0.15, 0.2) is 34.9 Å². The molecule has 0 saturated carbocycles. The second-order valence-electron chi connectivity index (χ2n) is 4.58. The fraction of sp³-hybridized carbons (Fsp3) is 0.267. The summed E-state index contributed by atoms with van der Waals surface area (Å²) in [6.07, 6.45) is 0. The van der Waals surface area contributed by atoms with Crippen molar-refractivity contribution in [2.75, 3.05) is 5.32 Å². The number of nitriles is 1. The van der Waals surface area contributed by atoms with Crippen molar-refractivity contribution < 1.29 is 9.32 Å². The Hall–Kier alpha value is -2.26. The fourth-order valence-electron chi connectivity index (χ4n) is 1.68. The van der Waals surface area contributed by atoms with Crippen molar-refractivity contribution in [3.63, 3.8) is 0 Å². The predicted molar refractivity (Wildman–Crippen MR) is 81.8 cm³/mol. The van der Waals surface area contributed by atoms with Gasteiger partial charge in [-0.3, -0.25) is 4.79 Å². The van der Waals surface area contributed by atoms with Crippen LogP contribution in [0.4, 0.5) is 5.82 Å². The summed E-state index contributed by atoms with van der Waals surface area (Å²) in [5, 5.41) is 15.1. The molecule has 5 nitrogen and oxygen atoms in total. The molecule has 21 heavy (non-hydrogen) atoms. The van der Waals surface area contributed by atoms with Crippen molar-refractivity contribution >= 4 is 23.5 Å². The molecule has 1 unspecified atom stereocenters. The first kappa shape index (κ1) is 15.1. The van der Waals surface area contributed by atoms with E-state index in [1.807, 2.05) is 25.1 Å². The van der Waals surface area contributed by atoms with Gasteiger partial charge in [-0.25, -0.2) is 0 Å². The first-order chi connectivity index (χ1) is 10.1. The van der Waals surface area contributed by atoms with Gasteiger partial charge in [0.05, 0.1) is 16.9 Å².